The van der Waals surface area contributed by atoms with E-state index in [0.717, 1.165) is 0 Å². The van der Waals surface area contributed by atoms with E-state index in [0.29, 0.717) is 0 Å². The fraction of sp³-hybridized carbons (Fsp3) is 0. The zero-order chi connectivity index (χ0) is 9.00. The van der Waals surface area contributed by atoms with Crippen LogP contribution in [0.3, 0.4) is 0 Å². The fourth-order valence-electron chi connectivity index (χ4n) is 0. The van der Waals surface area contributed by atoms with Gasteiger partial charge < -0.3 is 18.2 Å². The van der Waals surface area contributed by atoms with Crippen LogP contribution in [0.4, 0.5) is 0 Å². The van der Waals surface area contributed by atoms with Gasteiger partial charge in [0, 0.05) is 20.8 Å². The maximum atomic E-state index is 8.52. The summed E-state index contributed by atoms with van der Waals surface area (Å²) in [5, 5.41) is 0. The van der Waals surface area contributed by atoms with Gasteiger partial charge >= 0.3 is 68.5 Å². The first-order valence-corrected chi connectivity index (χ1v) is 4.00. The maximum Gasteiger partial charge on any atom is 2.00 e. The third kappa shape index (κ3) is 367. The van der Waals surface area contributed by atoms with Gasteiger partial charge in [-0.3, -0.25) is 16.8 Å². The van der Waals surface area contributed by atoms with Crippen LogP contribution in [0.2, 0.25) is 0 Å². The summed E-state index contributed by atoms with van der Waals surface area (Å²) in [6.45, 7) is 0. The smallest absolute Gasteiger partial charge is 0.759 e. The van der Waals surface area contributed by atoms with E-state index in [1.807, 2.05) is 0 Å². The summed E-state index contributed by atoms with van der Waals surface area (Å²) in [5.41, 5.74) is 0. The van der Waals surface area contributed by atoms with E-state index in [1.165, 1.54) is 0 Å². The van der Waals surface area contributed by atoms with Crippen LogP contribution in [-0.4, -0.2) is 104 Å². The summed E-state index contributed by atoms with van der Waals surface area (Å²) in [4.78, 5) is 0. The molecule has 0 radical (unpaired) electrons. The van der Waals surface area contributed by atoms with Gasteiger partial charge in [-0.1, -0.05) is 0 Å². The van der Waals surface area contributed by atoms with E-state index in [4.69, 9.17) is 35.0 Å². The minimum Gasteiger partial charge on any atom is -0.759 e. The Morgan fingerprint density at radius 2 is 0.667 bits per heavy atom. The van der Waals surface area contributed by atoms with Crippen LogP contribution in [-0.2, 0) is 20.8 Å². The molecule has 0 aromatic carbocycles. The molecule has 0 saturated carbocycles. The Kier molecular flexibility index (Phi) is 18.8. The van der Waals surface area contributed by atoms with Gasteiger partial charge in [0.05, 0.1) is 0 Å². The molecule has 0 heterocycles. The zero-order valence-corrected chi connectivity index (χ0v) is 12.0. The van der Waals surface area contributed by atoms with E-state index >= 15 is 0 Å². The van der Waals surface area contributed by atoms with Crippen LogP contribution in [0.5, 0.6) is 0 Å². The second kappa shape index (κ2) is 9.54. The molecule has 0 atom stereocenters. The average Bonchev–Trinajstić information content (AvgIpc) is 1.12. The molecule has 0 N–H and O–H groups in total. The molecular formula is MgO8S2Sr. The Morgan fingerprint density at radius 3 is 0.667 bits per heavy atom. The molecule has 0 rings (SSSR count). The predicted octanol–water partition coefficient (Wildman–Crippen LogP) is -3.44. The van der Waals surface area contributed by atoms with E-state index < -0.39 is 20.8 Å². The summed E-state index contributed by atoms with van der Waals surface area (Å²) in [6, 6.07) is 0. The molecular weight excluding hydrogens is 304 g/mol. The molecule has 12 heavy (non-hydrogen) atoms. The van der Waals surface area contributed by atoms with Gasteiger partial charge in [0.2, 0.25) is 0 Å². The summed E-state index contributed by atoms with van der Waals surface area (Å²) < 4.78 is 68.2. The van der Waals surface area contributed by atoms with E-state index in [1.54, 1.807) is 0 Å². The van der Waals surface area contributed by atoms with Crippen LogP contribution >= 0.6 is 0 Å². The molecule has 0 spiro atoms. The van der Waals surface area contributed by atoms with Crippen LogP contribution < -0.4 is 0 Å². The monoisotopic (exact) mass is 304 g/mol. The van der Waals surface area contributed by atoms with Crippen LogP contribution in [0.1, 0.15) is 0 Å². The molecule has 0 fully saturated rings. The Bertz CT molecular complexity index is 213. The minimum absolute atomic E-state index is 0. The Hall–Kier alpha value is 1.99. The normalized spacial score (nSPS) is 9.67. The Labute approximate surface area is 122 Å². The van der Waals surface area contributed by atoms with Gasteiger partial charge in [-0.25, -0.2) is 0 Å². The Morgan fingerprint density at radius 1 is 0.667 bits per heavy atom. The van der Waals surface area contributed by atoms with Gasteiger partial charge in [0.1, 0.15) is 0 Å². The molecule has 0 unspecified atom stereocenters. The molecule has 64 valence electrons. The summed E-state index contributed by atoms with van der Waals surface area (Å²) in [7, 11) is -10.3. The molecule has 0 aromatic heterocycles. The largest absolute Gasteiger partial charge is 2.00 e. The molecule has 0 aliphatic carbocycles. The van der Waals surface area contributed by atoms with E-state index in [2.05, 4.69) is 0 Å². The average molecular weight is 304 g/mol. The minimum atomic E-state index is -5.17. The van der Waals surface area contributed by atoms with Crippen molar-refractivity contribution < 1.29 is 35.0 Å². The molecule has 0 aromatic rings. The van der Waals surface area contributed by atoms with Crippen molar-refractivity contribution in [1.29, 1.82) is 0 Å². The predicted molar refractivity (Wildman–Crippen MR) is 32.5 cm³/mol. The number of rotatable bonds is 0. The molecule has 0 aliphatic heterocycles. The number of hydrogen-bond acceptors (Lipinski definition) is 8. The van der Waals surface area contributed by atoms with Crippen LogP contribution in [0.25, 0.3) is 0 Å². The van der Waals surface area contributed by atoms with Crippen molar-refractivity contribution >= 4 is 89.3 Å². The van der Waals surface area contributed by atoms with Gasteiger partial charge in [0.25, 0.3) is 0 Å². The van der Waals surface area contributed by atoms with E-state index in [-0.39, 0.29) is 68.5 Å². The zero-order valence-electron chi connectivity index (χ0n) is 5.50. The van der Waals surface area contributed by atoms with Gasteiger partial charge in [-0.05, 0) is 0 Å². The topological polar surface area (TPSA) is 161 Å². The molecule has 0 saturated heterocycles. The number of hydrogen-bond donors (Lipinski definition) is 0. The molecule has 12 heteroatoms. The summed E-state index contributed by atoms with van der Waals surface area (Å²) in [5.74, 6) is 0. The fourth-order valence-corrected chi connectivity index (χ4v) is 0. The first-order valence-electron chi connectivity index (χ1n) is 1.33. The van der Waals surface area contributed by atoms with Gasteiger partial charge in [-0.15, -0.1) is 0 Å². The standard InChI is InChI=1S/Mg.2H2O4S.Sr/c;2*1-5(2,3)4;/h;2*(H2,1,2,3,4);/q+2;;;+2/p-4. The quantitative estimate of drug-likeness (QED) is 0.254. The second-order valence-corrected chi connectivity index (χ2v) is 2.45. The van der Waals surface area contributed by atoms with Gasteiger partial charge in [0.15, 0.2) is 0 Å². The van der Waals surface area contributed by atoms with Crippen molar-refractivity contribution in [2.24, 2.45) is 0 Å². The van der Waals surface area contributed by atoms with Crippen LogP contribution in [0, 0.1) is 0 Å². The maximum absolute atomic E-state index is 8.52. The molecule has 8 nitrogen and oxygen atoms in total. The van der Waals surface area contributed by atoms with Crippen molar-refractivity contribution in [3.05, 3.63) is 0 Å². The third-order valence-corrected chi connectivity index (χ3v) is 0. The van der Waals surface area contributed by atoms with Crippen molar-refractivity contribution in [2.75, 3.05) is 0 Å². The molecule has 0 aliphatic rings. The first kappa shape index (κ1) is 23.7. The first-order chi connectivity index (χ1) is 4.00. The van der Waals surface area contributed by atoms with Crippen molar-refractivity contribution in [1.82, 2.24) is 0 Å². The van der Waals surface area contributed by atoms with Crippen LogP contribution in [0.15, 0.2) is 0 Å². The van der Waals surface area contributed by atoms with E-state index in [9.17, 15) is 0 Å². The van der Waals surface area contributed by atoms with Crippen molar-refractivity contribution in [2.45, 2.75) is 0 Å². The van der Waals surface area contributed by atoms with Crippen molar-refractivity contribution in [3.63, 3.8) is 0 Å². The second-order valence-electron chi connectivity index (χ2n) is 0.816. The SMILES string of the molecule is O=S(=O)([O-])[O-].O=S(=O)([O-])[O-].[Mg+2].[Sr+2]. The van der Waals surface area contributed by atoms with Gasteiger partial charge in [-0.2, -0.15) is 0 Å². The summed E-state index contributed by atoms with van der Waals surface area (Å²) in [6.07, 6.45) is 0. The third-order valence-electron chi connectivity index (χ3n) is 0. The molecule has 0 amide bonds. The molecule has 0 bridgehead atoms. The van der Waals surface area contributed by atoms with Crippen molar-refractivity contribution in [3.8, 4) is 0 Å². The summed E-state index contributed by atoms with van der Waals surface area (Å²) >= 11 is 0. The Balaban J connectivity index is -0.0000000457.